The molecule has 4 rings (SSSR count). The Labute approximate surface area is 118 Å². The number of rotatable bonds is 1. The fourth-order valence-corrected chi connectivity index (χ4v) is 3.55. The van der Waals surface area contributed by atoms with Gasteiger partial charge in [0.15, 0.2) is 0 Å². The van der Waals surface area contributed by atoms with Crippen LogP contribution in [0.2, 0.25) is 5.15 Å². The molecule has 1 aliphatic carbocycles. The molecule has 1 saturated carbocycles. The highest BCUT2D eigenvalue weighted by Crippen LogP contribution is 2.52. The van der Waals surface area contributed by atoms with Gasteiger partial charge in [0.25, 0.3) is 0 Å². The summed E-state index contributed by atoms with van der Waals surface area (Å²) in [5.74, 6) is 1.05. The van der Waals surface area contributed by atoms with Crippen molar-refractivity contribution in [3.05, 3.63) is 35.5 Å². The van der Waals surface area contributed by atoms with Crippen LogP contribution in [0.1, 0.15) is 25.7 Å². The summed E-state index contributed by atoms with van der Waals surface area (Å²) in [6.07, 6.45) is 5.46. The number of hydrogen-bond acceptors (Lipinski definition) is 2. The molecular formula is C16H17ClN2. The average Bonchev–Trinajstić information content (AvgIpc) is 3.18. The second kappa shape index (κ2) is 4.11. The topological polar surface area (TPSA) is 16.1 Å². The van der Waals surface area contributed by atoms with Crippen LogP contribution >= 0.6 is 11.6 Å². The summed E-state index contributed by atoms with van der Waals surface area (Å²) >= 11 is 6.33. The first-order valence-corrected chi connectivity index (χ1v) is 7.44. The fraction of sp³-hybridized carbons (Fsp3) is 0.438. The zero-order chi connectivity index (χ0) is 12.9. The Morgan fingerprint density at radius 3 is 2.84 bits per heavy atom. The lowest BCUT2D eigenvalue weighted by molar-refractivity contribution is 0.393. The maximum atomic E-state index is 6.33. The molecule has 0 N–H and O–H groups in total. The molecule has 98 valence electrons. The minimum Gasteiger partial charge on any atom is -0.356 e. The summed E-state index contributed by atoms with van der Waals surface area (Å²) in [7, 11) is 0. The lowest BCUT2D eigenvalue weighted by Crippen LogP contribution is -2.36. The van der Waals surface area contributed by atoms with E-state index in [1.807, 2.05) is 12.1 Å². The first kappa shape index (κ1) is 11.5. The van der Waals surface area contributed by atoms with Crippen LogP contribution in [-0.4, -0.2) is 18.1 Å². The molecule has 2 nitrogen and oxygen atoms in total. The van der Waals surface area contributed by atoms with E-state index in [1.165, 1.54) is 31.1 Å². The summed E-state index contributed by atoms with van der Waals surface area (Å²) < 4.78 is 0. The molecule has 2 fully saturated rings. The normalized spacial score (nSPS) is 21.0. The van der Waals surface area contributed by atoms with E-state index in [-0.39, 0.29) is 0 Å². The quantitative estimate of drug-likeness (QED) is 0.721. The average molecular weight is 273 g/mol. The molecule has 0 unspecified atom stereocenters. The highest BCUT2D eigenvalue weighted by Gasteiger charge is 2.45. The molecule has 1 aromatic carbocycles. The number of nitrogens with zero attached hydrogens (tertiary/aromatic N) is 2. The molecule has 0 atom stereocenters. The van der Waals surface area contributed by atoms with Crippen LogP contribution < -0.4 is 4.90 Å². The molecule has 0 amide bonds. The van der Waals surface area contributed by atoms with Crippen molar-refractivity contribution in [2.45, 2.75) is 25.7 Å². The zero-order valence-corrected chi connectivity index (χ0v) is 11.7. The number of hydrogen-bond donors (Lipinski definition) is 0. The highest BCUT2D eigenvalue weighted by atomic mass is 35.5. The van der Waals surface area contributed by atoms with Crippen LogP contribution in [0.4, 0.5) is 5.82 Å². The maximum Gasteiger partial charge on any atom is 0.139 e. The van der Waals surface area contributed by atoms with Crippen molar-refractivity contribution in [3.63, 3.8) is 0 Å². The third kappa shape index (κ3) is 1.99. The number of benzene rings is 1. The van der Waals surface area contributed by atoms with Crippen molar-refractivity contribution < 1.29 is 0 Å². The Hall–Kier alpha value is -1.28. The molecule has 1 saturated heterocycles. The van der Waals surface area contributed by atoms with Gasteiger partial charge >= 0.3 is 0 Å². The molecule has 3 heteroatoms. The zero-order valence-electron chi connectivity index (χ0n) is 10.9. The largest absolute Gasteiger partial charge is 0.356 e. The van der Waals surface area contributed by atoms with Crippen LogP contribution in [0, 0.1) is 5.41 Å². The Morgan fingerprint density at radius 2 is 2.00 bits per heavy atom. The summed E-state index contributed by atoms with van der Waals surface area (Å²) in [5.41, 5.74) is 0.609. The highest BCUT2D eigenvalue weighted by molar-refractivity contribution is 6.34. The number of piperidine rings is 1. The van der Waals surface area contributed by atoms with Crippen molar-refractivity contribution >= 4 is 28.2 Å². The third-order valence-corrected chi connectivity index (χ3v) is 4.91. The van der Waals surface area contributed by atoms with Gasteiger partial charge in [0.2, 0.25) is 0 Å². The predicted molar refractivity (Wildman–Crippen MR) is 79.9 cm³/mol. The molecule has 1 spiro atoms. The Balaban J connectivity index is 1.74. The lowest BCUT2D eigenvalue weighted by Gasteiger charge is -2.34. The van der Waals surface area contributed by atoms with Gasteiger partial charge in [-0.3, -0.25) is 0 Å². The van der Waals surface area contributed by atoms with Crippen molar-refractivity contribution in [1.29, 1.82) is 0 Å². The lowest BCUT2D eigenvalue weighted by atomic mass is 9.95. The smallest absolute Gasteiger partial charge is 0.139 e. The van der Waals surface area contributed by atoms with Crippen LogP contribution in [0.5, 0.6) is 0 Å². The van der Waals surface area contributed by atoms with Crippen LogP contribution in [-0.2, 0) is 0 Å². The molecule has 0 bridgehead atoms. The number of fused-ring (bicyclic) bond motifs is 1. The summed E-state index contributed by atoms with van der Waals surface area (Å²) in [4.78, 5) is 7.04. The van der Waals surface area contributed by atoms with E-state index in [0.29, 0.717) is 10.6 Å². The second-order valence-corrected chi connectivity index (χ2v) is 6.38. The van der Waals surface area contributed by atoms with Crippen molar-refractivity contribution in [3.8, 4) is 0 Å². The van der Waals surface area contributed by atoms with Crippen LogP contribution in [0.25, 0.3) is 10.8 Å². The molecule has 2 aromatic rings. The second-order valence-electron chi connectivity index (χ2n) is 6.02. The van der Waals surface area contributed by atoms with E-state index in [1.54, 1.807) is 0 Å². The Kier molecular flexibility index (Phi) is 2.49. The van der Waals surface area contributed by atoms with Gasteiger partial charge in [-0.15, -0.1) is 0 Å². The van der Waals surface area contributed by atoms with E-state index < -0.39 is 0 Å². The van der Waals surface area contributed by atoms with Crippen molar-refractivity contribution in [2.24, 2.45) is 5.41 Å². The SMILES string of the molecule is Clc1nc(N2CCCC3(CC3)C2)cc2ccccc12. The monoisotopic (exact) mass is 272 g/mol. The van der Waals surface area contributed by atoms with Crippen LogP contribution in [0.3, 0.4) is 0 Å². The third-order valence-electron chi connectivity index (χ3n) is 4.62. The maximum absolute atomic E-state index is 6.33. The first-order chi connectivity index (χ1) is 9.26. The van der Waals surface area contributed by atoms with Crippen LogP contribution in [0.15, 0.2) is 30.3 Å². The molecular weight excluding hydrogens is 256 g/mol. The molecule has 1 aromatic heterocycles. The van der Waals surface area contributed by atoms with E-state index in [2.05, 4.69) is 28.1 Å². The van der Waals surface area contributed by atoms with Gasteiger partial charge in [-0.25, -0.2) is 4.98 Å². The number of anilines is 1. The first-order valence-electron chi connectivity index (χ1n) is 7.06. The van der Waals surface area contributed by atoms with Gasteiger partial charge in [0.05, 0.1) is 0 Å². The van der Waals surface area contributed by atoms with Gasteiger partial charge < -0.3 is 4.90 Å². The Bertz CT molecular complexity index is 634. The molecule has 19 heavy (non-hydrogen) atoms. The minimum atomic E-state index is 0.609. The minimum absolute atomic E-state index is 0.609. The van der Waals surface area contributed by atoms with E-state index in [4.69, 9.17) is 11.6 Å². The summed E-state index contributed by atoms with van der Waals surface area (Å²) in [5, 5.41) is 2.86. The molecule has 2 heterocycles. The van der Waals surface area contributed by atoms with Gasteiger partial charge in [-0.05, 0) is 42.6 Å². The molecule has 0 radical (unpaired) electrons. The molecule has 2 aliphatic rings. The van der Waals surface area contributed by atoms with E-state index in [9.17, 15) is 0 Å². The number of pyridine rings is 1. The van der Waals surface area contributed by atoms with E-state index in [0.717, 1.165) is 24.3 Å². The number of halogens is 1. The van der Waals surface area contributed by atoms with Gasteiger partial charge in [0, 0.05) is 18.5 Å². The van der Waals surface area contributed by atoms with Crippen molar-refractivity contribution in [2.75, 3.05) is 18.0 Å². The Morgan fingerprint density at radius 1 is 1.16 bits per heavy atom. The van der Waals surface area contributed by atoms with Gasteiger partial charge in [-0.1, -0.05) is 35.9 Å². The van der Waals surface area contributed by atoms with E-state index >= 15 is 0 Å². The fourth-order valence-electron chi connectivity index (χ4n) is 3.29. The van der Waals surface area contributed by atoms with Gasteiger partial charge in [-0.2, -0.15) is 0 Å². The standard InChI is InChI=1S/C16H17ClN2/c17-15-13-5-2-1-4-12(13)10-14(18-15)19-9-3-6-16(11-19)7-8-16/h1-2,4-5,10H,3,6-9,11H2. The molecule has 1 aliphatic heterocycles. The summed E-state index contributed by atoms with van der Waals surface area (Å²) in [6.45, 7) is 2.28. The van der Waals surface area contributed by atoms with Crippen molar-refractivity contribution in [1.82, 2.24) is 4.98 Å². The van der Waals surface area contributed by atoms with Gasteiger partial charge in [0.1, 0.15) is 11.0 Å². The number of aromatic nitrogens is 1. The summed E-state index contributed by atoms with van der Waals surface area (Å²) in [6, 6.07) is 10.4. The predicted octanol–water partition coefficient (Wildman–Crippen LogP) is 4.27.